The summed E-state index contributed by atoms with van der Waals surface area (Å²) in [5, 5.41) is 13.1. The second-order valence-electron chi connectivity index (χ2n) is 5.37. The first-order valence-electron chi connectivity index (χ1n) is 7.43. The summed E-state index contributed by atoms with van der Waals surface area (Å²) in [5.41, 5.74) is 2.77. The van der Waals surface area contributed by atoms with Crippen LogP contribution in [-0.4, -0.2) is 34.0 Å². The van der Waals surface area contributed by atoms with Crippen LogP contribution in [0.3, 0.4) is 0 Å². The Morgan fingerprint density at radius 1 is 1.42 bits per heavy atom. The summed E-state index contributed by atoms with van der Waals surface area (Å²) in [7, 11) is 2.98. The van der Waals surface area contributed by atoms with Gasteiger partial charge in [-0.2, -0.15) is 10.6 Å². The molecule has 1 heterocycles. The third-order valence-electron chi connectivity index (χ3n) is 3.15. The van der Waals surface area contributed by atoms with E-state index in [9.17, 15) is 13.6 Å². The second-order valence-corrected chi connectivity index (χ2v) is 6.21. The quantitative estimate of drug-likeness (QED) is 0.701. The summed E-state index contributed by atoms with van der Waals surface area (Å²) in [6.45, 7) is 2.02. The lowest BCUT2D eigenvalue weighted by Crippen LogP contribution is -2.26. The number of alkyl halides is 2. The van der Waals surface area contributed by atoms with Crippen LogP contribution in [0.2, 0.25) is 10.0 Å². The van der Waals surface area contributed by atoms with Crippen LogP contribution in [0.4, 0.5) is 8.78 Å². The molecular formula is C16H19Cl2F2N3O3. The number of benzene rings is 1. The zero-order valence-corrected chi connectivity index (χ0v) is 15.9. The number of halogens is 4. The van der Waals surface area contributed by atoms with Crippen molar-refractivity contribution in [1.29, 1.82) is 0 Å². The molecule has 1 atom stereocenters. The minimum atomic E-state index is -2.85. The van der Waals surface area contributed by atoms with Gasteiger partial charge in [-0.3, -0.25) is 4.68 Å². The maximum Gasteiger partial charge on any atom is 0.339 e. The number of aromatic nitrogens is 2. The van der Waals surface area contributed by atoms with Crippen LogP contribution in [0.1, 0.15) is 35.0 Å². The Morgan fingerprint density at radius 2 is 2.08 bits per heavy atom. The molecule has 0 bridgehead atoms. The molecular weight excluding hydrogens is 391 g/mol. The van der Waals surface area contributed by atoms with Crippen LogP contribution in [0.15, 0.2) is 24.4 Å². The Balaban J connectivity index is 0.000000263. The highest BCUT2D eigenvalue weighted by atomic mass is 35.5. The van der Waals surface area contributed by atoms with Gasteiger partial charge in [-0.25, -0.2) is 13.6 Å². The summed E-state index contributed by atoms with van der Waals surface area (Å²) < 4.78 is 25.2. The van der Waals surface area contributed by atoms with Crippen molar-refractivity contribution in [3.63, 3.8) is 0 Å². The van der Waals surface area contributed by atoms with Gasteiger partial charge in [0.25, 0.3) is 6.43 Å². The lowest BCUT2D eigenvalue weighted by molar-refractivity contribution is 0.0661. The first-order valence-corrected chi connectivity index (χ1v) is 8.18. The number of hydrogen-bond acceptors (Lipinski definition) is 4. The van der Waals surface area contributed by atoms with E-state index in [4.69, 9.17) is 33.1 Å². The molecule has 0 spiro atoms. The molecule has 0 fully saturated rings. The number of carboxylic acid groups (broad SMARTS) is 1. The second kappa shape index (κ2) is 10.4. The third kappa shape index (κ3) is 6.87. The number of nitrogens with one attached hydrogen (secondary N) is 1. The molecule has 1 unspecified atom stereocenters. The first-order chi connectivity index (χ1) is 12.1. The van der Waals surface area contributed by atoms with E-state index in [-0.39, 0.29) is 6.04 Å². The minimum absolute atomic E-state index is 0.221. The van der Waals surface area contributed by atoms with E-state index in [0.29, 0.717) is 10.0 Å². The van der Waals surface area contributed by atoms with Gasteiger partial charge in [0.05, 0.1) is 7.11 Å². The monoisotopic (exact) mass is 409 g/mol. The van der Waals surface area contributed by atoms with Crippen LogP contribution in [-0.2, 0) is 18.3 Å². The molecule has 0 saturated heterocycles. The number of aryl methyl sites for hydroxylation is 1. The molecule has 0 radical (unpaired) electrons. The standard InChI is InChI=1S/C10H13Cl2NO.C6H6F2N2O2/c1-7(13-14-2)5-8-3-4-9(11)6-10(8)12;1-10-2-3(6(11)12)4(9-10)5(7)8/h3-4,6-7,13H,5H2,1-2H3;2,5H,1H3,(H,11,12). The maximum absolute atomic E-state index is 12.1. The number of hydrogen-bond donors (Lipinski definition) is 2. The SMILES string of the molecule is CONC(C)Cc1ccc(Cl)cc1Cl.Cn1cc(C(=O)O)c(C(F)F)n1. The van der Waals surface area contributed by atoms with Gasteiger partial charge >= 0.3 is 5.97 Å². The smallest absolute Gasteiger partial charge is 0.339 e. The normalized spacial score (nSPS) is 11.8. The number of carbonyl (C=O) groups is 1. The molecule has 144 valence electrons. The fraction of sp³-hybridized carbons (Fsp3) is 0.375. The zero-order chi connectivity index (χ0) is 19.9. The maximum atomic E-state index is 12.1. The number of rotatable bonds is 6. The van der Waals surface area contributed by atoms with Crippen molar-refractivity contribution in [3.8, 4) is 0 Å². The highest BCUT2D eigenvalue weighted by Crippen LogP contribution is 2.22. The Morgan fingerprint density at radius 3 is 2.54 bits per heavy atom. The summed E-state index contributed by atoms with van der Waals surface area (Å²) in [6, 6.07) is 5.73. The molecule has 0 aliphatic rings. The molecule has 0 aliphatic carbocycles. The summed E-state index contributed by atoms with van der Waals surface area (Å²) >= 11 is 11.8. The van der Waals surface area contributed by atoms with Gasteiger partial charge in [-0.05, 0) is 31.0 Å². The van der Waals surface area contributed by atoms with Crippen molar-refractivity contribution in [1.82, 2.24) is 15.3 Å². The van der Waals surface area contributed by atoms with E-state index in [0.717, 1.165) is 22.9 Å². The molecule has 1 aromatic heterocycles. The number of hydroxylamine groups is 1. The molecule has 0 amide bonds. The molecule has 6 nitrogen and oxygen atoms in total. The van der Waals surface area contributed by atoms with E-state index in [2.05, 4.69) is 10.6 Å². The molecule has 2 aromatic rings. The van der Waals surface area contributed by atoms with Crippen molar-refractivity contribution < 1.29 is 23.5 Å². The Labute approximate surface area is 159 Å². The van der Waals surface area contributed by atoms with Crippen molar-refractivity contribution in [2.75, 3.05) is 7.11 Å². The van der Waals surface area contributed by atoms with Gasteiger partial charge in [0.15, 0.2) is 0 Å². The third-order valence-corrected chi connectivity index (χ3v) is 3.74. The Bertz CT molecular complexity index is 742. The Kier molecular flexibility index (Phi) is 8.94. The highest BCUT2D eigenvalue weighted by molar-refractivity contribution is 6.35. The summed E-state index contributed by atoms with van der Waals surface area (Å²) in [6.07, 6.45) is -0.995. The molecule has 0 saturated carbocycles. The average Bonchev–Trinajstić information content (AvgIpc) is 2.94. The van der Waals surface area contributed by atoms with E-state index in [1.54, 1.807) is 13.2 Å². The molecule has 0 aliphatic heterocycles. The Hall–Kier alpha value is -1.74. The van der Waals surface area contributed by atoms with E-state index < -0.39 is 23.7 Å². The van der Waals surface area contributed by atoms with Crippen LogP contribution >= 0.6 is 23.2 Å². The van der Waals surface area contributed by atoms with Gasteiger partial charge in [0.1, 0.15) is 11.3 Å². The van der Waals surface area contributed by atoms with Gasteiger partial charge < -0.3 is 9.94 Å². The molecule has 1 aromatic carbocycles. The van der Waals surface area contributed by atoms with Gasteiger partial charge in [-0.15, -0.1) is 0 Å². The van der Waals surface area contributed by atoms with Gasteiger partial charge in [0, 0.05) is 29.3 Å². The van der Waals surface area contributed by atoms with Crippen molar-refractivity contribution in [2.45, 2.75) is 25.8 Å². The van der Waals surface area contributed by atoms with Crippen LogP contribution in [0, 0.1) is 0 Å². The van der Waals surface area contributed by atoms with Crippen LogP contribution < -0.4 is 5.48 Å². The molecule has 10 heteroatoms. The van der Waals surface area contributed by atoms with Gasteiger partial charge in [-0.1, -0.05) is 29.3 Å². The lowest BCUT2D eigenvalue weighted by Gasteiger charge is -2.12. The lowest BCUT2D eigenvalue weighted by atomic mass is 10.1. The number of nitrogens with zero attached hydrogens (tertiary/aromatic N) is 2. The predicted octanol–water partition coefficient (Wildman–Crippen LogP) is 4.13. The number of carboxylic acids is 1. The highest BCUT2D eigenvalue weighted by Gasteiger charge is 2.21. The van der Waals surface area contributed by atoms with Crippen molar-refractivity contribution in [3.05, 3.63) is 51.3 Å². The van der Waals surface area contributed by atoms with Crippen molar-refractivity contribution >= 4 is 29.2 Å². The van der Waals surface area contributed by atoms with E-state index in [1.807, 2.05) is 19.1 Å². The van der Waals surface area contributed by atoms with Crippen LogP contribution in [0.5, 0.6) is 0 Å². The number of aromatic carboxylic acids is 1. The largest absolute Gasteiger partial charge is 0.478 e. The van der Waals surface area contributed by atoms with E-state index in [1.165, 1.54) is 7.05 Å². The van der Waals surface area contributed by atoms with Gasteiger partial charge in [0.2, 0.25) is 0 Å². The topological polar surface area (TPSA) is 76.4 Å². The molecule has 26 heavy (non-hydrogen) atoms. The minimum Gasteiger partial charge on any atom is -0.478 e. The predicted molar refractivity (Wildman–Crippen MR) is 94.9 cm³/mol. The summed E-state index contributed by atoms with van der Waals surface area (Å²) in [4.78, 5) is 15.2. The zero-order valence-electron chi connectivity index (χ0n) is 14.3. The fourth-order valence-electron chi connectivity index (χ4n) is 2.09. The molecule has 2 rings (SSSR count). The first kappa shape index (κ1) is 22.3. The van der Waals surface area contributed by atoms with Crippen LogP contribution in [0.25, 0.3) is 0 Å². The molecule has 2 N–H and O–H groups in total. The fourth-order valence-corrected chi connectivity index (χ4v) is 2.58. The van der Waals surface area contributed by atoms with E-state index >= 15 is 0 Å². The summed E-state index contributed by atoms with van der Waals surface area (Å²) in [5.74, 6) is -1.39. The average molecular weight is 410 g/mol. The van der Waals surface area contributed by atoms with Crippen molar-refractivity contribution in [2.24, 2.45) is 7.05 Å².